The number of methoxy groups -OCH3 is 1. The third-order valence-corrected chi connectivity index (χ3v) is 5.48. The van der Waals surface area contributed by atoms with Gasteiger partial charge in [-0.05, 0) is 59.8 Å². The number of carbonyl (C=O) groups is 4. The van der Waals surface area contributed by atoms with Crippen LogP contribution >= 0.6 is 27.7 Å². The molecule has 160 valence electrons. The highest BCUT2D eigenvalue weighted by Crippen LogP contribution is 2.34. The van der Waals surface area contributed by atoms with Gasteiger partial charge in [-0.2, -0.15) is 0 Å². The number of halogens is 1. The van der Waals surface area contributed by atoms with Crippen molar-refractivity contribution in [2.24, 2.45) is 0 Å². The predicted molar refractivity (Wildman–Crippen MR) is 120 cm³/mol. The Kier molecular flexibility index (Phi) is 7.13. The molecule has 0 aromatic heterocycles. The van der Waals surface area contributed by atoms with Gasteiger partial charge in [0.15, 0.2) is 11.5 Å². The van der Waals surface area contributed by atoms with Gasteiger partial charge in [0.05, 0.1) is 12.0 Å². The van der Waals surface area contributed by atoms with Crippen molar-refractivity contribution in [3.8, 4) is 11.5 Å². The van der Waals surface area contributed by atoms with Crippen molar-refractivity contribution in [3.05, 3.63) is 57.4 Å². The minimum Gasteiger partial charge on any atom is -0.493 e. The fourth-order valence-electron chi connectivity index (χ4n) is 2.68. The van der Waals surface area contributed by atoms with E-state index < -0.39 is 29.6 Å². The van der Waals surface area contributed by atoms with Gasteiger partial charge in [-0.25, -0.2) is 0 Å². The summed E-state index contributed by atoms with van der Waals surface area (Å²) in [5.41, 5.74) is 1.12. The molecule has 31 heavy (non-hydrogen) atoms. The molecule has 3 amide bonds. The van der Waals surface area contributed by atoms with Crippen molar-refractivity contribution in [3.63, 3.8) is 0 Å². The molecule has 10 heteroatoms. The van der Waals surface area contributed by atoms with Crippen LogP contribution in [0.2, 0.25) is 0 Å². The van der Waals surface area contributed by atoms with E-state index in [1.807, 2.05) is 0 Å². The Bertz CT molecular complexity index is 1080. The minimum absolute atomic E-state index is 0.170. The number of imide groups is 1. The Labute approximate surface area is 190 Å². The van der Waals surface area contributed by atoms with E-state index in [9.17, 15) is 19.2 Å². The summed E-state index contributed by atoms with van der Waals surface area (Å²) in [6, 6.07) is 11.6. The summed E-state index contributed by atoms with van der Waals surface area (Å²) >= 11 is 4.05. The van der Waals surface area contributed by atoms with E-state index >= 15 is 0 Å². The second-order valence-corrected chi connectivity index (χ2v) is 8.24. The second kappa shape index (κ2) is 9.80. The number of carbonyl (C=O) groups excluding carboxylic acids is 4. The maximum atomic E-state index is 12.6. The monoisotopic (exact) mass is 504 g/mol. The van der Waals surface area contributed by atoms with Crippen molar-refractivity contribution in [2.75, 3.05) is 19.0 Å². The lowest BCUT2D eigenvalue weighted by molar-refractivity contribution is -0.132. The van der Waals surface area contributed by atoms with Crippen LogP contribution in [-0.4, -0.2) is 41.6 Å². The molecule has 0 radical (unpaired) electrons. The zero-order valence-corrected chi connectivity index (χ0v) is 18.9. The molecule has 1 fully saturated rings. The van der Waals surface area contributed by atoms with Crippen LogP contribution in [0.15, 0.2) is 51.8 Å². The lowest BCUT2D eigenvalue weighted by Gasteiger charge is -2.12. The molecule has 1 N–H and O–H groups in total. The first-order valence-corrected chi connectivity index (χ1v) is 10.5. The molecule has 0 aliphatic carbocycles. The fourth-order valence-corrected chi connectivity index (χ4v) is 3.78. The van der Waals surface area contributed by atoms with Gasteiger partial charge < -0.3 is 14.8 Å². The van der Waals surface area contributed by atoms with Crippen LogP contribution in [0.5, 0.6) is 11.5 Å². The van der Waals surface area contributed by atoms with Gasteiger partial charge >= 0.3 is 5.97 Å². The third-order valence-electron chi connectivity index (χ3n) is 4.04. The number of esters is 1. The molecule has 3 rings (SSSR count). The molecule has 8 nitrogen and oxygen atoms in total. The maximum absolute atomic E-state index is 12.6. The summed E-state index contributed by atoms with van der Waals surface area (Å²) in [7, 11) is 1.42. The van der Waals surface area contributed by atoms with Crippen LogP contribution in [-0.2, 0) is 14.4 Å². The molecule has 1 saturated heterocycles. The normalized spacial score (nSPS) is 14.7. The van der Waals surface area contributed by atoms with Crippen molar-refractivity contribution in [1.82, 2.24) is 4.90 Å². The van der Waals surface area contributed by atoms with Gasteiger partial charge in [0.1, 0.15) is 6.54 Å². The van der Waals surface area contributed by atoms with Crippen molar-refractivity contribution in [2.45, 2.75) is 6.92 Å². The summed E-state index contributed by atoms with van der Waals surface area (Å²) in [5.74, 6) is -1.00. The molecule has 1 heterocycles. The molecule has 0 bridgehead atoms. The highest BCUT2D eigenvalue weighted by atomic mass is 79.9. The molecule has 0 unspecified atom stereocenters. The molecule has 1 aliphatic heterocycles. The van der Waals surface area contributed by atoms with E-state index in [-0.39, 0.29) is 10.7 Å². The smallest absolute Gasteiger partial charge is 0.308 e. The molecular formula is C21H17BrN2O6S. The van der Waals surface area contributed by atoms with Crippen LogP contribution in [0, 0.1) is 0 Å². The zero-order chi connectivity index (χ0) is 22.5. The SMILES string of the molecule is COc1cc(/C=C2\SC(=O)N(CC(=O)Nc3ccc(Br)cc3)C2=O)ccc1OC(C)=O. The van der Waals surface area contributed by atoms with E-state index in [1.165, 1.54) is 26.2 Å². The minimum atomic E-state index is -0.566. The first-order valence-electron chi connectivity index (χ1n) is 8.94. The number of nitrogens with one attached hydrogen (secondary N) is 1. The average Bonchev–Trinajstić information content (AvgIpc) is 2.97. The Morgan fingerprint density at radius 1 is 1.13 bits per heavy atom. The Morgan fingerprint density at radius 3 is 2.48 bits per heavy atom. The number of hydrogen-bond donors (Lipinski definition) is 1. The van der Waals surface area contributed by atoms with Crippen LogP contribution in [0.25, 0.3) is 6.08 Å². The second-order valence-electron chi connectivity index (χ2n) is 6.33. The summed E-state index contributed by atoms with van der Waals surface area (Å²) in [4.78, 5) is 49.4. The summed E-state index contributed by atoms with van der Waals surface area (Å²) in [6.07, 6.45) is 1.51. The quantitative estimate of drug-likeness (QED) is 0.359. The van der Waals surface area contributed by atoms with Crippen molar-refractivity contribution in [1.29, 1.82) is 0 Å². The maximum Gasteiger partial charge on any atom is 0.308 e. The van der Waals surface area contributed by atoms with Gasteiger partial charge in [-0.15, -0.1) is 0 Å². The topological polar surface area (TPSA) is 102 Å². The Balaban J connectivity index is 1.71. The van der Waals surface area contributed by atoms with E-state index in [1.54, 1.807) is 36.4 Å². The molecule has 1 aliphatic rings. The number of benzene rings is 2. The van der Waals surface area contributed by atoms with E-state index in [4.69, 9.17) is 9.47 Å². The highest BCUT2D eigenvalue weighted by molar-refractivity contribution is 9.10. The van der Waals surface area contributed by atoms with Crippen LogP contribution < -0.4 is 14.8 Å². The third kappa shape index (κ3) is 5.74. The Hall–Kier alpha value is -3.11. The first-order chi connectivity index (χ1) is 14.8. The standard InChI is InChI=1S/C21H17BrN2O6S/c1-12(25)30-16-8-3-13(9-17(16)29-2)10-18-20(27)24(21(28)31-18)11-19(26)23-15-6-4-14(22)5-7-15/h3-10H,11H2,1-2H3,(H,23,26)/b18-10-. The predicted octanol–water partition coefficient (Wildman–Crippen LogP) is 4.06. The molecule has 2 aromatic carbocycles. The van der Waals surface area contributed by atoms with E-state index in [0.717, 1.165) is 21.1 Å². The molecular weight excluding hydrogens is 488 g/mol. The average molecular weight is 505 g/mol. The number of rotatable bonds is 6. The molecule has 0 spiro atoms. The van der Waals surface area contributed by atoms with Gasteiger partial charge in [0.25, 0.3) is 11.1 Å². The lowest BCUT2D eigenvalue weighted by Crippen LogP contribution is -2.36. The number of anilines is 1. The number of nitrogens with zero attached hydrogens (tertiary/aromatic N) is 1. The van der Waals surface area contributed by atoms with Gasteiger partial charge in [-0.3, -0.25) is 24.1 Å². The van der Waals surface area contributed by atoms with E-state index in [0.29, 0.717) is 17.0 Å². The first kappa shape index (κ1) is 22.6. The van der Waals surface area contributed by atoms with Crippen LogP contribution in [0.3, 0.4) is 0 Å². The van der Waals surface area contributed by atoms with Crippen molar-refractivity contribution >= 4 is 62.5 Å². The zero-order valence-electron chi connectivity index (χ0n) is 16.5. The summed E-state index contributed by atoms with van der Waals surface area (Å²) in [6.45, 7) is 0.878. The number of amides is 3. The van der Waals surface area contributed by atoms with Crippen LogP contribution in [0.1, 0.15) is 12.5 Å². The number of ether oxygens (including phenoxy) is 2. The molecule has 0 atom stereocenters. The summed E-state index contributed by atoms with van der Waals surface area (Å²) < 4.78 is 11.1. The number of hydrogen-bond acceptors (Lipinski definition) is 7. The molecule has 2 aromatic rings. The van der Waals surface area contributed by atoms with Gasteiger partial charge in [0, 0.05) is 17.1 Å². The fraction of sp³-hybridized carbons (Fsp3) is 0.143. The Morgan fingerprint density at radius 2 is 1.84 bits per heavy atom. The highest BCUT2D eigenvalue weighted by Gasteiger charge is 2.36. The van der Waals surface area contributed by atoms with E-state index in [2.05, 4.69) is 21.2 Å². The van der Waals surface area contributed by atoms with Crippen LogP contribution in [0.4, 0.5) is 10.5 Å². The summed E-state index contributed by atoms with van der Waals surface area (Å²) in [5, 5.41) is 2.11. The number of thioether (sulfide) groups is 1. The molecule has 0 saturated carbocycles. The largest absolute Gasteiger partial charge is 0.493 e. The lowest BCUT2D eigenvalue weighted by atomic mass is 10.2. The van der Waals surface area contributed by atoms with Gasteiger partial charge in [-0.1, -0.05) is 22.0 Å². The van der Waals surface area contributed by atoms with Crippen molar-refractivity contribution < 1.29 is 28.7 Å². The van der Waals surface area contributed by atoms with Gasteiger partial charge in [0.2, 0.25) is 5.91 Å².